The van der Waals surface area contributed by atoms with Crippen LogP contribution in [-0.2, 0) is 28.6 Å². The van der Waals surface area contributed by atoms with Gasteiger partial charge in [0.05, 0.1) is 31.3 Å². The van der Waals surface area contributed by atoms with Crippen molar-refractivity contribution in [3.05, 3.63) is 71.0 Å². The lowest BCUT2D eigenvalue weighted by molar-refractivity contribution is -0.190. The maximum absolute atomic E-state index is 13.9. The third-order valence-corrected chi connectivity index (χ3v) is 11.3. The molecule has 7 rings (SSSR count). The summed E-state index contributed by atoms with van der Waals surface area (Å²) in [5.74, 6) is -1.10. The minimum atomic E-state index is -1.05. The van der Waals surface area contributed by atoms with Crippen LogP contribution in [0, 0.1) is 28.1 Å². The van der Waals surface area contributed by atoms with Crippen molar-refractivity contribution in [2.24, 2.45) is 28.1 Å². The van der Waals surface area contributed by atoms with Gasteiger partial charge in [-0.15, -0.1) is 0 Å². The fraction of sp³-hybridized carbons (Fsp3) is 0.471. The van der Waals surface area contributed by atoms with Crippen molar-refractivity contribution >= 4 is 24.0 Å². The highest BCUT2D eigenvalue weighted by Gasteiger charge is 2.77. The van der Waals surface area contributed by atoms with Crippen LogP contribution in [0.1, 0.15) is 62.4 Å². The van der Waals surface area contributed by atoms with Gasteiger partial charge in [0.15, 0.2) is 5.78 Å². The number of hydrogen-bond acceptors (Lipinski definition) is 8. The van der Waals surface area contributed by atoms with Gasteiger partial charge in [0, 0.05) is 39.4 Å². The molecule has 5 aliphatic rings. The number of ether oxygens (including phenoxy) is 3. The topological polar surface area (TPSA) is 109 Å². The van der Waals surface area contributed by atoms with Crippen LogP contribution in [0.2, 0.25) is 0 Å². The van der Waals surface area contributed by atoms with E-state index < -0.39 is 46.3 Å². The number of ketones is 1. The average Bonchev–Trinajstić information content (AvgIpc) is 3.72. The Morgan fingerprint density at radius 3 is 2.52 bits per heavy atom. The molecule has 0 unspecified atom stereocenters. The second-order valence-electron chi connectivity index (χ2n) is 13.1. The summed E-state index contributed by atoms with van der Waals surface area (Å²) < 4.78 is 24.1. The van der Waals surface area contributed by atoms with Gasteiger partial charge in [0.1, 0.15) is 24.3 Å². The van der Waals surface area contributed by atoms with Gasteiger partial charge in [0.25, 0.3) is 0 Å². The van der Waals surface area contributed by atoms with Gasteiger partial charge in [-0.25, -0.2) is 0 Å². The van der Waals surface area contributed by atoms with E-state index in [1.807, 2.05) is 32.0 Å². The molecular weight excluding hydrogens is 536 g/mol. The first-order valence-electron chi connectivity index (χ1n) is 14.5. The highest BCUT2D eigenvalue weighted by molar-refractivity contribution is 6.00. The first-order valence-corrected chi connectivity index (χ1v) is 14.5. The first-order chi connectivity index (χ1) is 20.0. The molecular formula is C34H34O8. The zero-order valence-corrected chi connectivity index (χ0v) is 24.3. The molecule has 1 aromatic heterocycles. The minimum absolute atomic E-state index is 0.0185. The van der Waals surface area contributed by atoms with Crippen LogP contribution in [-0.4, -0.2) is 49.4 Å². The summed E-state index contributed by atoms with van der Waals surface area (Å²) in [5, 5.41) is 0. The number of carbonyl (C=O) groups excluding carboxylic acids is 4. The molecule has 3 fully saturated rings. The molecule has 218 valence electrons. The third kappa shape index (κ3) is 3.21. The van der Waals surface area contributed by atoms with Crippen molar-refractivity contribution in [3.63, 3.8) is 0 Å². The van der Waals surface area contributed by atoms with Crippen molar-refractivity contribution in [1.29, 1.82) is 0 Å². The zero-order chi connectivity index (χ0) is 29.8. The number of allylic oxidation sites excluding steroid dienone is 2. The predicted octanol–water partition coefficient (Wildman–Crippen LogP) is 5.22. The molecule has 2 aliphatic heterocycles. The molecule has 0 amide bonds. The van der Waals surface area contributed by atoms with Crippen molar-refractivity contribution in [2.45, 2.75) is 64.8 Å². The molecule has 2 saturated heterocycles. The lowest BCUT2D eigenvalue weighted by Gasteiger charge is -2.59. The SMILES string of the molecule is COC(=O)C[C@H]1[C@]2(C)C3=C(C)[C@H](c4ccoc4-c4ccc(C=O)cc4)C[C@H]3O[C@@H]2[C@@H]2OC(=O)[C@]3(C)C=CC(=O)[C@@]1(C)[C@@H]23. The fourth-order valence-electron chi connectivity index (χ4n) is 9.45. The summed E-state index contributed by atoms with van der Waals surface area (Å²) in [7, 11) is 1.36. The lowest BCUT2D eigenvalue weighted by Crippen LogP contribution is -2.66. The van der Waals surface area contributed by atoms with Crippen molar-refractivity contribution in [2.75, 3.05) is 7.11 Å². The van der Waals surface area contributed by atoms with Crippen LogP contribution in [0.25, 0.3) is 11.3 Å². The molecule has 8 nitrogen and oxygen atoms in total. The Balaban J connectivity index is 1.37. The number of carbonyl (C=O) groups is 4. The number of hydrogen-bond donors (Lipinski definition) is 0. The van der Waals surface area contributed by atoms with E-state index in [0.717, 1.165) is 34.3 Å². The van der Waals surface area contributed by atoms with Gasteiger partial charge < -0.3 is 18.6 Å². The summed E-state index contributed by atoms with van der Waals surface area (Å²) >= 11 is 0. The number of aldehydes is 1. The van der Waals surface area contributed by atoms with E-state index in [2.05, 4.69) is 13.8 Å². The Kier molecular flexibility index (Phi) is 5.71. The molecule has 9 atom stereocenters. The third-order valence-electron chi connectivity index (χ3n) is 11.3. The summed E-state index contributed by atoms with van der Waals surface area (Å²) in [4.78, 5) is 51.4. The molecule has 3 heterocycles. The molecule has 1 saturated carbocycles. The molecule has 0 N–H and O–H groups in total. The Bertz CT molecular complexity index is 1590. The largest absolute Gasteiger partial charge is 0.469 e. The molecule has 0 bridgehead atoms. The zero-order valence-electron chi connectivity index (χ0n) is 24.3. The number of benzene rings is 1. The number of fused-ring (bicyclic) bond motifs is 4. The van der Waals surface area contributed by atoms with Gasteiger partial charge in [-0.1, -0.05) is 49.8 Å². The monoisotopic (exact) mass is 570 g/mol. The fourth-order valence-corrected chi connectivity index (χ4v) is 9.45. The second-order valence-corrected chi connectivity index (χ2v) is 13.1. The lowest BCUT2D eigenvalue weighted by atomic mass is 9.42. The first kappa shape index (κ1) is 27.1. The Morgan fingerprint density at radius 2 is 1.83 bits per heavy atom. The van der Waals surface area contributed by atoms with E-state index >= 15 is 0 Å². The summed E-state index contributed by atoms with van der Waals surface area (Å²) in [5.41, 5.74) is 1.85. The Labute approximate surface area is 244 Å². The molecule has 1 aromatic carbocycles. The van der Waals surface area contributed by atoms with Gasteiger partial charge >= 0.3 is 11.9 Å². The standard InChI is InChI=1S/C34H34O8/c1-17-21(20-11-13-40-27(20)19-8-6-18(16-35)7-9-19)14-22-26(17)34(4)23(15-25(37)39-5)33(3)24(36)10-12-32(2)29(33)28(30(34)41-22)42-31(32)38/h6-13,16,21-23,28-30H,14-15H2,1-5H3/t21-,22-,23-,28-,29+,30-,32-,33+,34-/m1/s1. The van der Waals surface area contributed by atoms with Crippen LogP contribution in [0.3, 0.4) is 0 Å². The molecule has 0 radical (unpaired) electrons. The quantitative estimate of drug-likeness (QED) is 0.273. The average molecular weight is 571 g/mol. The van der Waals surface area contributed by atoms with E-state index in [4.69, 9.17) is 18.6 Å². The van der Waals surface area contributed by atoms with Crippen LogP contribution in [0.4, 0.5) is 0 Å². The van der Waals surface area contributed by atoms with E-state index in [0.29, 0.717) is 12.0 Å². The van der Waals surface area contributed by atoms with Crippen molar-refractivity contribution < 1.29 is 37.8 Å². The van der Waals surface area contributed by atoms with Crippen LogP contribution in [0.5, 0.6) is 0 Å². The van der Waals surface area contributed by atoms with Crippen molar-refractivity contribution in [1.82, 2.24) is 0 Å². The molecule has 42 heavy (non-hydrogen) atoms. The number of rotatable bonds is 5. The van der Waals surface area contributed by atoms with Gasteiger partial charge in [-0.05, 0) is 43.9 Å². The molecule has 0 spiro atoms. The molecule has 8 heteroatoms. The van der Waals surface area contributed by atoms with Gasteiger partial charge in [-0.2, -0.15) is 0 Å². The summed E-state index contributed by atoms with van der Waals surface area (Å²) in [6, 6.07) is 9.25. The number of furan rings is 1. The van der Waals surface area contributed by atoms with E-state index in [1.165, 1.54) is 13.2 Å². The van der Waals surface area contributed by atoms with E-state index in [-0.39, 0.29) is 30.2 Å². The molecule has 2 aromatic rings. The Hall–Kier alpha value is -3.78. The van der Waals surface area contributed by atoms with Crippen molar-refractivity contribution in [3.8, 4) is 11.3 Å². The predicted molar refractivity (Wildman–Crippen MR) is 150 cm³/mol. The van der Waals surface area contributed by atoms with Gasteiger partial charge in [-0.3, -0.25) is 19.2 Å². The smallest absolute Gasteiger partial charge is 0.316 e. The minimum Gasteiger partial charge on any atom is -0.469 e. The van der Waals surface area contributed by atoms with Crippen LogP contribution in [0.15, 0.2) is 64.3 Å². The van der Waals surface area contributed by atoms with Gasteiger partial charge in [0.2, 0.25) is 0 Å². The molecule has 3 aliphatic carbocycles. The maximum Gasteiger partial charge on any atom is 0.316 e. The summed E-state index contributed by atoms with van der Waals surface area (Å²) in [6.07, 6.45) is 4.94. The van der Waals surface area contributed by atoms with Crippen LogP contribution < -0.4 is 0 Å². The summed E-state index contributed by atoms with van der Waals surface area (Å²) in [6.45, 7) is 7.91. The second kappa shape index (κ2) is 8.86. The highest BCUT2D eigenvalue weighted by atomic mass is 16.6. The number of methoxy groups -OCH3 is 1. The number of esters is 2. The van der Waals surface area contributed by atoms with E-state index in [1.54, 1.807) is 24.5 Å². The normalized spacial score (nSPS) is 39.5. The highest BCUT2D eigenvalue weighted by Crippen LogP contribution is 2.72. The Morgan fingerprint density at radius 1 is 1.10 bits per heavy atom. The van der Waals surface area contributed by atoms with E-state index in [9.17, 15) is 19.2 Å². The maximum atomic E-state index is 13.9. The van der Waals surface area contributed by atoms with Crippen LogP contribution >= 0.6 is 0 Å².